The topological polar surface area (TPSA) is 124 Å². The van der Waals surface area contributed by atoms with Gasteiger partial charge in [-0.25, -0.2) is 28.5 Å². The van der Waals surface area contributed by atoms with Crippen molar-refractivity contribution in [3.8, 4) is 0 Å². The van der Waals surface area contributed by atoms with Crippen LogP contribution in [0.3, 0.4) is 0 Å². The number of aliphatic carboxylic acids is 1. The van der Waals surface area contributed by atoms with Crippen LogP contribution in [0.5, 0.6) is 0 Å². The Labute approximate surface area is 215 Å². The van der Waals surface area contributed by atoms with E-state index in [4.69, 9.17) is 33.1 Å². The number of imidazole rings is 1. The predicted octanol–water partition coefficient (Wildman–Crippen LogP) is 2.62. The monoisotopic (exact) mass is 564 g/mol. The van der Waals surface area contributed by atoms with Crippen LogP contribution in [-0.4, -0.2) is 84.8 Å². The van der Waals surface area contributed by atoms with E-state index in [0.717, 1.165) is 17.4 Å². The van der Waals surface area contributed by atoms with Crippen molar-refractivity contribution in [3.05, 3.63) is 61.6 Å². The number of H-pyrrole nitrogens is 1. The Morgan fingerprint density at radius 3 is 2.46 bits per heavy atom. The zero-order valence-corrected chi connectivity index (χ0v) is 20.4. The highest BCUT2D eigenvalue weighted by Gasteiger charge is 2.44. The Morgan fingerprint density at radius 1 is 1.22 bits per heavy atom. The molecule has 2 saturated heterocycles. The molecule has 0 radical (unpaired) electrons. The lowest BCUT2D eigenvalue weighted by Gasteiger charge is -2.32. The lowest BCUT2D eigenvalue weighted by atomic mass is 10.0. The number of rotatable bonds is 3. The van der Waals surface area contributed by atoms with Crippen LogP contribution in [0.1, 0.15) is 28.0 Å². The zero-order chi connectivity index (χ0) is 27.2. The van der Waals surface area contributed by atoms with Crippen molar-refractivity contribution < 1.29 is 32.3 Å². The molecule has 2 N–H and O–H groups in total. The molecule has 16 heteroatoms. The quantitative estimate of drug-likeness (QED) is 0.468. The molecule has 3 aromatic rings. The van der Waals surface area contributed by atoms with E-state index >= 15 is 0 Å². The second-order valence-corrected chi connectivity index (χ2v) is 9.28. The van der Waals surface area contributed by atoms with Gasteiger partial charge in [-0.1, -0.05) is 29.3 Å². The van der Waals surface area contributed by atoms with Gasteiger partial charge in [0.25, 0.3) is 5.91 Å². The molecule has 0 aliphatic carbocycles. The summed E-state index contributed by atoms with van der Waals surface area (Å²) in [5, 5.41) is 13.5. The van der Waals surface area contributed by atoms with Crippen LogP contribution < -0.4 is 5.69 Å². The maximum absolute atomic E-state index is 14.5. The number of amides is 1. The number of fused-ring (bicyclic) bond motifs is 3. The summed E-state index contributed by atoms with van der Waals surface area (Å²) in [6.45, 7) is 1.41. The van der Waals surface area contributed by atoms with Crippen molar-refractivity contribution in [3.63, 3.8) is 0 Å². The number of piperazine rings is 1. The largest absolute Gasteiger partial charge is 0.490 e. The number of carbonyl (C=O) groups is 2. The second kappa shape index (κ2) is 9.91. The van der Waals surface area contributed by atoms with Gasteiger partial charge in [0.2, 0.25) is 0 Å². The molecular weight excluding hydrogens is 547 g/mol. The minimum atomic E-state index is -5.08. The molecule has 198 valence electrons. The SMILES string of the molecule is CN1CC2CC1CN2C(=O)c1cc(Cc2n[nH]c(=O)n3c(Cl)c(Cl)nc23)ccc1F.O=C(O)C(F)(F)F. The third-order valence-electron chi connectivity index (χ3n) is 6.18. The van der Waals surface area contributed by atoms with E-state index in [1.807, 2.05) is 7.05 Å². The van der Waals surface area contributed by atoms with Crippen LogP contribution in [0.15, 0.2) is 23.0 Å². The Hall–Kier alpha value is -3.23. The van der Waals surface area contributed by atoms with Crippen LogP contribution in [-0.2, 0) is 11.2 Å². The first-order chi connectivity index (χ1) is 17.3. The van der Waals surface area contributed by atoms with Crippen molar-refractivity contribution >= 4 is 40.7 Å². The molecule has 4 heterocycles. The summed E-state index contributed by atoms with van der Waals surface area (Å²) >= 11 is 12.0. The van der Waals surface area contributed by atoms with E-state index in [2.05, 4.69) is 20.1 Å². The summed E-state index contributed by atoms with van der Waals surface area (Å²) in [5.74, 6) is -3.62. The Balaban J connectivity index is 0.000000405. The Kier molecular flexibility index (Phi) is 7.18. The maximum atomic E-state index is 14.5. The van der Waals surface area contributed by atoms with Gasteiger partial charge in [-0.2, -0.15) is 18.3 Å². The summed E-state index contributed by atoms with van der Waals surface area (Å²) in [6.07, 6.45) is -3.95. The minimum Gasteiger partial charge on any atom is -0.475 e. The maximum Gasteiger partial charge on any atom is 0.490 e. The van der Waals surface area contributed by atoms with E-state index in [9.17, 15) is 27.2 Å². The summed E-state index contributed by atoms with van der Waals surface area (Å²) in [5.41, 5.74) is 0.726. The number of aromatic nitrogens is 4. The first-order valence-corrected chi connectivity index (χ1v) is 11.4. The minimum absolute atomic E-state index is 0.0133. The first-order valence-electron chi connectivity index (χ1n) is 10.7. The van der Waals surface area contributed by atoms with Gasteiger partial charge in [0, 0.05) is 31.6 Å². The van der Waals surface area contributed by atoms with Crippen molar-refractivity contribution in [2.45, 2.75) is 31.1 Å². The average molecular weight is 565 g/mol. The molecule has 2 aliphatic heterocycles. The lowest BCUT2D eigenvalue weighted by molar-refractivity contribution is -0.192. The van der Waals surface area contributed by atoms with Gasteiger partial charge in [0.05, 0.1) is 5.56 Å². The number of nitrogens with zero attached hydrogens (tertiary/aromatic N) is 5. The molecular formula is C21H18Cl2F4N6O4. The number of halogens is 6. The fraction of sp³-hybridized carbons (Fsp3) is 0.381. The van der Waals surface area contributed by atoms with Gasteiger partial charge >= 0.3 is 17.8 Å². The molecule has 1 aromatic carbocycles. The summed E-state index contributed by atoms with van der Waals surface area (Å²) in [6, 6.07) is 4.83. The number of hydrogen-bond acceptors (Lipinski definition) is 6. The zero-order valence-electron chi connectivity index (χ0n) is 18.9. The number of likely N-dealkylation sites (tertiary alicyclic amines) is 2. The highest BCUT2D eigenvalue weighted by atomic mass is 35.5. The fourth-order valence-corrected chi connectivity index (χ4v) is 4.76. The number of nitrogens with one attached hydrogen (secondary N) is 1. The summed E-state index contributed by atoms with van der Waals surface area (Å²) in [7, 11) is 2.04. The number of hydrogen-bond donors (Lipinski definition) is 2. The number of likely N-dealkylation sites (N-methyl/N-ethyl adjacent to an activating group) is 1. The molecule has 0 saturated carbocycles. The van der Waals surface area contributed by atoms with Crippen molar-refractivity contribution in [1.29, 1.82) is 0 Å². The van der Waals surface area contributed by atoms with Crippen LogP contribution in [0.25, 0.3) is 5.65 Å². The van der Waals surface area contributed by atoms with Crippen LogP contribution >= 0.6 is 23.2 Å². The van der Waals surface area contributed by atoms with E-state index in [0.29, 0.717) is 23.8 Å². The third-order valence-corrected chi connectivity index (χ3v) is 6.89. The molecule has 2 aliphatic rings. The highest BCUT2D eigenvalue weighted by molar-refractivity contribution is 6.40. The molecule has 10 nitrogen and oxygen atoms in total. The third kappa shape index (κ3) is 5.26. The molecule has 5 rings (SSSR count). The lowest BCUT2D eigenvalue weighted by Crippen LogP contribution is -2.47. The number of alkyl halides is 3. The molecule has 2 fully saturated rings. The van der Waals surface area contributed by atoms with Crippen LogP contribution in [0.2, 0.25) is 10.3 Å². The molecule has 0 spiro atoms. The summed E-state index contributed by atoms with van der Waals surface area (Å²) in [4.78, 5) is 42.0. The normalized spacial score (nSPS) is 19.3. The van der Waals surface area contributed by atoms with Gasteiger partial charge in [-0.05, 0) is 31.2 Å². The molecule has 2 aromatic heterocycles. The number of aromatic amines is 1. The van der Waals surface area contributed by atoms with Crippen LogP contribution in [0.4, 0.5) is 17.6 Å². The molecule has 2 unspecified atom stereocenters. The van der Waals surface area contributed by atoms with Gasteiger partial charge < -0.3 is 10.0 Å². The van der Waals surface area contributed by atoms with Gasteiger partial charge in [0.15, 0.2) is 16.0 Å². The van der Waals surface area contributed by atoms with Gasteiger partial charge in [-0.15, -0.1) is 0 Å². The summed E-state index contributed by atoms with van der Waals surface area (Å²) < 4.78 is 47.4. The average Bonchev–Trinajstić information content (AvgIpc) is 3.49. The van der Waals surface area contributed by atoms with E-state index in [1.54, 1.807) is 11.0 Å². The van der Waals surface area contributed by atoms with E-state index in [-0.39, 0.29) is 39.9 Å². The molecule has 1 amide bonds. The Bertz CT molecular complexity index is 1440. The molecule has 37 heavy (non-hydrogen) atoms. The first kappa shape index (κ1) is 26.8. The van der Waals surface area contributed by atoms with Crippen LogP contribution in [0, 0.1) is 5.82 Å². The van der Waals surface area contributed by atoms with E-state index < -0.39 is 23.7 Å². The number of carboxylic acid groups (broad SMARTS) is 1. The standard InChI is InChI=1S/C19H17Cl2FN6O2.C2HF3O2/c1-26-7-11-6-10(26)8-27(11)18(29)12-4-9(2-3-13(12)22)5-14-17-23-15(20)16(21)28(17)19(30)25-24-14;3-2(4,5)1(6)7/h2-4,10-11H,5-8H2,1H3,(H,25,30);(H,6,7). The number of benzene rings is 1. The van der Waals surface area contributed by atoms with Crippen molar-refractivity contribution in [2.75, 3.05) is 20.1 Å². The second-order valence-electron chi connectivity index (χ2n) is 8.56. The predicted molar refractivity (Wildman–Crippen MR) is 122 cm³/mol. The highest BCUT2D eigenvalue weighted by Crippen LogP contribution is 2.31. The number of carboxylic acids is 1. The smallest absolute Gasteiger partial charge is 0.475 e. The molecule has 2 bridgehead atoms. The van der Waals surface area contributed by atoms with Gasteiger partial charge in [0.1, 0.15) is 11.5 Å². The van der Waals surface area contributed by atoms with Gasteiger partial charge in [-0.3, -0.25) is 9.69 Å². The number of carbonyl (C=O) groups excluding carboxylic acids is 1. The Morgan fingerprint density at radius 2 is 1.89 bits per heavy atom. The van der Waals surface area contributed by atoms with E-state index in [1.165, 1.54) is 12.1 Å². The van der Waals surface area contributed by atoms with Crippen molar-refractivity contribution in [1.82, 2.24) is 29.4 Å². The molecule has 2 atom stereocenters. The van der Waals surface area contributed by atoms with Crippen molar-refractivity contribution in [2.24, 2.45) is 0 Å². The fourth-order valence-electron chi connectivity index (χ4n) is 4.40.